The first kappa shape index (κ1) is 21.1. The summed E-state index contributed by atoms with van der Waals surface area (Å²) >= 11 is 0. The summed E-state index contributed by atoms with van der Waals surface area (Å²) in [5, 5.41) is 0. The maximum Gasteiger partial charge on any atom is 0.316 e. The van der Waals surface area contributed by atoms with Gasteiger partial charge in [-0.1, -0.05) is 29.8 Å². The number of aryl methyl sites for hydroxylation is 1. The van der Waals surface area contributed by atoms with Gasteiger partial charge < -0.3 is 9.64 Å². The Morgan fingerprint density at radius 3 is 2.03 bits per heavy atom. The van der Waals surface area contributed by atoms with E-state index in [9.17, 15) is 19.2 Å². The highest BCUT2D eigenvalue weighted by Gasteiger charge is 2.47. The molecule has 0 N–H and O–H groups in total. The van der Waals surface area contributed by atoms with E-state index in [-0.39, 0.29) is 42.5 Å². The summed E-state index contributed by atoms with van der Waals surface area (Å²) in [6, 6.07) is 14.0. The molecular weight excluding hydrogens is 420 g/mol. The Morgan fingerprint density at radius 1 is 0.848 bits per heavy atom. The van der Waals surface area contributed by atoms with Gasteiger partial charge in [0, 0.05) is 18.7 Å². The van der Waals surface area contributed by atoms with Gasteiger partial charge in [-0.25, -0.2) is 0 Å². The van der Waals surface area contributed by atoms with Crippen molar-refractivity contribution < 1.29 is 23.9 Å². The Morgan fingerprint density at radius 2 is 1.42 bits per heavy atom. The number of carbonyl (C=O) groups is 4. The number of imide groups is 1. The van der Waals surface area contributed by atoms with Gasteiger partial charge in [0.1, 0.15) is 5.75 Å². The molecule has 7 heteroatoms. The van der Waals surface area contributed by atoms with Gasteiger partial charge in [-0.05, 0) is 56.2 Å². The Labute approximate surface area is 191 Å². The van der Waals surface area contributed by atoms with Crippen molar-refractivity contribution in [3.63, 3.8) is 0 Å². The third-order valence-corrected chi connectivity index (χ3v) is 6.62. The zero-order valence-electron chi connectivity index (χ0n) is 18.3. The standard InChI is InChI=1S/C26H24N2O5/c1-16-6-8-18(9-7-16)27-15-17(14-23(27)29)26(32)33-20-12-10-19(11-13-20)28-24(30)21-4-2-3-5-22(21)25(28)31/h2-3,6-13,17,21-22H,4-5,14-15H2,1H3/t17-,21-,22+/m0/s1. The SMILES string of the molecule is Cc1ccc(N2C[C@@H](C(=O)Oc3ccc(N4C(=O)[C@H]5CC=CC[C@H]5C4=O)cc3)CC2=O)cc1. The van der Waals surface area contributed by atoms with E-state index in [0.717, 1.165) is 11.3 Å². The van der Waals surface area contributed by atoms with Crippen LogP contribution < -0.4 is 14.5 Å². The lowest BCUT2D eigenvalue weighted by Gasteiger charge is -2.17. The van der Waals surface area contributed by atoms with Gasteiger partial charge in [-0.3, -0.25) is 24.1 Å². The van der Waals surface area contributed by atoms with Crippen LogP contribution in [0.3, 0.4) is 0 Å². The molecule has 2 aromatic carbocycles. The van der Waals surface area contributed by atoms with E-state index in [2.05, 4.69) is 0 Å². The fourth-order valence-corrected chi connectivity index (χ4v) is 4.76. The third kappa shape index (κ3) is 3.84. The zero-order chi connectivity index (χ0) is 23.1. The van der Waals surface area contributed by atoms with Crippen LogP contribution in [0.25, 0.3) is 0 Å². The topological polar surface area (TPSA) is 84.0 Å². The number of ether oxygens (including phenoxy) is 1. The highest BCUT2D eigenvalue weighted by Crippen LogP contribution is 2.38. The Hall–Kier alpha value is -3.74. The number of carbonyl (C=O) groups excluding carboxylic acids is 4. The molecule has 0 unspecified atom stereocenters. The van der Waals surface area contributed by atoms with Crippen LogP contribution in [0, 0.1) is 24.7 Å². The van der Waals surface area contributed by atoms with Gasteiger partial charge in [0.2, 0.25) is 17.7 Å². The molecule has 2 saturated heterocycles. The van der Waals surface area contributed by atoms with E-state index in [0.29, 0.717) is 24.3 Å². The number of fused-ring (bicyclic) bond motifs is 1. The fourth-order valence-electron chi connectivity index (χ4n) is 4.76. The summed E-state index contributed by atoms with van der Waals surface area (Å²) in [5.41, 5.74) is 2.33. The third-order valence-electron chi connectivity index (χ3n) is 6.62. The molecule has 3 aliphatic rings. The van der Waals surface area contributed by atoms with Crippen molar-refractivity contribution >= 4 is 35.1 Å². The average molecular weight is 444 g/mol. The van der Waals surface area contributed by atoms with Crippen LogP contribution in [-0.4, -0.2) is 30.2 Å². The number of nitrogens with zero attached hydrogens (tertiary/aromatic N) is 2. The van der Waals surface area contributed by atoms with Gasteiger partial charge in [-0.15, -0.1) is 0 Å². The minimum Gasteiger partial charge on any atom is -0.426 e. The minimum absolute atomic E-state index is 0.0956. The monoisotopic (exact) mass is 444 g/mol. The molecule has 2 fully saturated rings. The van der Waals surface area contributed by atoms with Gasteiger partial charge in [0.25, 0.3) is 0 Å². The van der Waals surface area contributed by atoms with Crippen molar-refractivity contribution in [3.8, 4) is 5.75 Å². The quantitative estimate of drug-likeness (QED) is 0.312. The maximum absolute atomic E-state index is 12.7. The Kier molecular flexibility index (Phi) is 5.32. The lowest BCUT2D eigenvalue weighted by molar-refractivity contribution is -0.139. The molecule has 0 radical (unpaired) electrons. The number of rotatable bonds is 4. The molecular formula is C26H24N2O5. The predicted octanol–water partition coefficient (Wildman–Crippen LogP) is 3.41. The largest absolute Gasteiger partial charge is 0.426 e. The number of hydrogen-bond acceptors (Lipinski definition) is 5. The number of anilines is 2. The second kappa shape index (κ2) is 8.31. The molecule has 3 atom stereocenters. The summed E-state index contributed by atoms with van der Waals surface area (Å²) in [6.45, 7) is 2.24. The highest BCUT2D eigenvalue weighted by atomic mass is 16.5. The summed E-state index contributed by atoms with van der Waals surface area (Å²) in [5.74, 6) is -1.79. The summed E-state index contributed by atoms with van der Waals surface area (Å²) in [4.78, 5) is 53.4. The molecule has 0 spiro atoms. The van der Waals surface area contributed by atoms with E-state index >= 15 is 0 Å². The lowest BCUT2D eigenvalue weighted by Crippen LogP contribution is -2.30. The van der Waals surface area contributed by atoms with Crippen LogP contribution in [0.5, 0.6) is 5.75 Å². The average Bonchev–Trinajstić information content (AvgIpc) is 3.33. The lowest BCUT2D eigenvalue weighted by atomic mass is 9.85. The van der Waals surface area contributed by atoms with Crippen molar-refractivity contribution in [2.75, 3.05) is 16.3 Å². The van der Waals surface area contributed by atoms with Gasteiger partial charge >= 0.3 is 5.97 Å². The van der Waals surface area contributed by atoms with E-state index in [1.807, 2.05) is 43.3 Å². The molecule has 2 aromatic rings. The van der Waals surface area contributed by atoms with Crippen molar-refractivity contribution in [2.45, 2.75) is 26.2 Å². The van der Waals surface area contributed by atoms with Gasteiger partial charge in [0.05, 0.1) is 23.4 Å². The molecule has 0 bridgehead atoms. The molecule has 33 heavy (non-hydrogen) atoms. The predicted molar refractivity (Wildman–Crippen MR) is 122 cm³/mol. The van der Waals surface area contributed by atoms with Crippen molar-refractivity contribution in [2.24, 2.45) is 17.8 Å². The second-order valence-corrected chi connectivity index (χ2v) is 8.82. The van der Waals surface area contributed by atoms with Gasteiger partial charge in [0.15, 0.2) is 0 Å². The zero-order valence-corrected chi connectivity index (χ0v) is 18.3. The van der Waals surface area contributed by atoms with Crippen LogP contribution in [0.15, 0.2) is 60.7 Å². The van der Waals surface area contributed by atoms with Crippen LogP contribution in [0.4, 0.5) is 11.4 Å². The molecule has 0 saturated carbocycles. The summed E-state index contributed by atoms with van der Waals surface area (Å²) in [6.07, 6.45) is 5.17. The van der Waals surface area contributed by atoms with E-state index < -0.39 is 11.9 Å². The number of benzene rings is 2. The molecule has 7 nitrogen and oxygen atoms in total. The first-order valence-corrected chi connectivity index (χ1v) is 11.1. The van der Waals surface area contributed by atoms with Gasteiger partial charge in [-0.2, -0.15) is 0 Å². The molecule has 2 aliphatic heterocycles. The smallest absolute Gasteiger partial charge is 0.316 e. The maximum atomic E-state index is 12.7. The Bertz CT molecular complexity index is 1130. The number of allylic oxidation sites excluding steroid dienone is 2. The normalized spacial score (nSPS) is 24.4. The fraction of sp³-hybridized carbons (Fsp3) is 0.308. The first-order chi connectivity index (χ1) is 15.9. The minimum atomic E-state index is -0.559. The molecule has 5 rings (SSSR count). The van der Waals surface area contributed by atoms with Crippen molar-refractivity contribution in [3.05, 3.63) is 66.2 Å². The summed E-state index contributed by atoms with van der Waals surface area (Å²) in [7, 11) is 0. The van der Waals surface area contributed by atoms with E-state index in [1.54, 1.807) is 29.2 Å². The Balaban J connectivity index is 1.24. The van der Waals surface area contributed by atoms with Crippen molar-refractivity contribution in [1.82, 2.24) is 0 Å². The van der Waals surface area contributed by atoms with E-state index in [1.165, 1.54) is 4.90 Å². The molecule has 168 valence electrons. The first-order valence-electron chi connectivity index (χ1n) is 11.1. The molecule has 0 aromatic heterocycles. The van der Waals surface area contributed by atoms with E-state index in [4.69, 9.17) is 4.74 Å². The number of amides is 3. The molecule has 1 aliphatic carbocycles. The van der Waals surface area contributed by atoms with Crippen LogP contribution in [0.2, 0.25) is 0 Å². The number of hydrogen-bond donors (Lipinski definition) is 0. The second-order valence-electron chi connectivity index (χ2n) is 8.82. The highest BCUT2D eigenvalue weighted by molar-refractivity contribution is 6.22. The number of esters is 1. The molecule has 2 heterocycles. The summed E-state index contributed by atoms with van der Waals surface area (Å²) < 4.78 is 5.50. The van der Waals surface area contributed by atoms with Crippen LogP contribution >= 0.6 is 0 Å². The van der Waals surface area contributed by atoms with Crippen LogP contribution in [-0.2, 0) is 19.2 Å². The van der Waals surface area contributed by atoms with Crippen molar-refractivity contribution in [1.29, 1.82) is 0 Å². The van der Waals surface area contributed by atoms with Crippen LogP contribution in [0.1, 0.15) is 24.8 Å². The molecule has 3 amide bonds.